The first-order valence-electron chi connectivity index (χ1n) is 14.5. The summed E-state index contributed by atoms with van der Waals surface area (Å²) in [5, 5.41) is 27.2. The van der Waals surface area contributed by atoms with Gasteiger partial charge in [0, 0.05) is 19.3 Å². The maximum atomic E-state index is 11.0. The summed E-state index contributed by atoms with van der Waals surface area (Å²) in [5.74, 6) is -2.48. The Morgan fingerprint density at radius 1 is 0.500 bits per heavy atom. The number of nitrogens with zero attached hydrogens (tertiary/aromatic N) is 1. The van der Waals surface area contributed by atoms with E-state index in [4.69, 9.17) is 15.3 Å². The van der Waals surface area contributed by atoms with E-state index in [0.29, 0.717) is 43.4 Å². The molecule has 0 amide bonds. The van der Waals surface area contributed by atoms with Crippen molar-refractivity contribution in [1.29, 1.82) is 0 Å². The second-order valence-corrected chi connectivity index (χ2v) is 10.3. The number of carboxylic acids is 3. The van der Waals surface area contributed by atoms with Crippen LogP contribution in [0.1, 0.15) is 129 Å². The van der Waals surface area contributed by atoms with Crippen molar-refractivity contribution in [3.8, 4) is 0 Å². The molecule has 3 N–H and O–H groups in total. The van der Waals surface area contributed by atoms with Gasteiger partial charge < -0.3 is 19.8 Å². The molecule has 0 aliphatic heterocycles. The number of hydrogen-bond donors (Lipinski definition) is 3. The van der Waals surface area contributed by atoms with Crippen molar-refractivity contribution in [3.63, 3.8) is 0 Å². The molecule has 210 valence electrons. The highest BCUT2D eigenvalue weighted by atomic mass is 16.4. The van der Waals surface area contributed by atoms with E-state index >= 15 is 0 Å². The number of hydrogen-bond acceptors (Lipinski definition) is 3. The summed E-state index contributed by atoms with van der Waals surface area (Å²) in [6.07, 6.45) is 22.5. The first-order chi connectivity index (χ1) is 17.3. The molecule has 0 saturated heterocycles. The summed E-state index contributed by atoms with van der Waals surface area (Å²) in [4.78, 5) is 33.1. The standard InChI is InChI=1S/C29H53NO6/c1-2-3-4-5-6-7-8-9-10-11-12-13-14-15-16-23-30(24-17-20-27(31)32,25-18-21-28(33)34)26-19-22-29(35)36/h7-8H,2-6,9-26H2,1H3,(H2-,31,32,33,34,35,36)/p+1/b8-7+. The van der Waals surface area contributed by atoms with Crippen molar-refractivity contribution in [3.05, 3.63) is 12.2 Å². The molecule has 0 atom stereocenters. The third-order valence-electron chi connectivity index (χ3n) is 6.96. The van der Waals surface area contributed by atoms with Gasteiger partial charge in [-0.05, 0) is 38.5 Å². The van der Waals surface area contributed by atoms with E-state index in [0.717, 1.165) is 19.4 Å². The number of carbonyl (C=O) groups is 3. The Hall–Kier alpha value is -1.89. The van der Waals surface area contributed by atoms with Gasteiger partial charge in [0.15, 0.2) is 0 Å². The van der Waals surface area contributed by atoms with E-state index in [1.807, 2.05) is 0 Å². The molecule has 0 fully saturated rings. The minimum atomic E-state index is -0.827. The van der Waals surface area contributed by atoms with Crippen LogP contribution >= 0.6 is 0 Å². The van der Waals surface area contributed by atoms with Crippen LogP contribution < -0.4 is 0 Å². The minimum Gasteiger partial charge on any atom is -0.481 e. The molecule has 0 aliphatic carbocycles. The van der Waals surface area contributed by atoms with Crippen molar-refractivity contribution >= 4 is 17.9 Å². The third-order valence-corrected chi connectivity index (χ3v) is 6.96. The number of unbranched alkanes of at least 4 members (excludes halogenated alkanes) is 11. The number of allylic oxidation sites excluding steroid dienone is 2. The van der Waals surface area contributed by atoms with Crippen LogP contribution in [0.4, 0.5) is 0 Å². The van der Waals surface area contributed by atoms with Crippen molar-refractivity contribution in [2.24, 2.45) is 0 Å². The molecule has 0 spiro atoms. The lowest BCUT2D eigenvalue weighted by atomic mass is 10.1. The molecule has 0 saturated carbocycles. The molecule has 36 heavy (non-hydrogen) atoms. The third kappa shape index (κ3) is 22.6. The fourth-order valence-corrected chi connectivity index (χ4v) is 4.89. The molecule has 0 bridgehead atoms. The molecule has 7 nitrogen and oxygen atoms in total. The van der Waals surface area contributed by atoms with Crippen LogP contribution in [0.5, 0.6) is 0 Å². The smallest absolute Gasteiger partial charge is 0.303 e. The Balaban J connectivity index is 4.35. The van der Waals surface area contributed by atoms with Gasteiger partial charge in [-0.15, -0.1) is 0 Å². The van der Waals surface area contributed by atoms with Crippen LogP contribution in [0.15, 0.2) is 12.2 Å². The zero-order valence-electron chi connectivity index (χ0n) is 22.9. The first-order valence-corrected chi connectivity index (χ1v) is 14.5. The largest absolute Gasteiger partial charge is 0.481 e. The highest BCUT2D eigenvalue weighted by Gasteiger charge is 2.27. The minimum absolute atomic E-state index is 0.0892. The number of carboxylic acid groups (broad SMARTS) is 3. The van der Waals surface area contributed by atoms with Gasteiger partial charge in [0.05, 0.1) is 45.4 Å². The Bertz CT molecular complexity index is 554. The zero-order chi connectivity index (χ0) is 26.9. The lowest BCUT2D eigenvalue weighted by molar-refractivity contribution is -0.929. The Morgan fingerprint density at radius 3 is 1.22 bits per heavy atom. The van der Waals surface area contributed by atoms with Gasteiger partial charge in [-0.3, -0.25) is 14.4 Å². The fourth-order valence-electron chi connectivity index (χ4n) is 4.89. The van der Waals surface area contributed by atoms with Gasteiger partial charge in [-0.1, -0.05) is 64.0 Å². The van der Waals surface area contributed by atoms with Crippen molar-refractivity contribution < 1.29 is 34.2 Å². The van der Waals surface area contributed by atoms with Crippen LogP contribution in [-0.4, -0.2) is 63.9 Å². The van der Waals surface area contributed by atoms with Crippen LogP contribution in [0.3, 0.4) is 0 Å². The Kier molecular flexibility index (Phi) is 22.3. The number of quaternary nitrogens is 1. The molecule has 0 aromatic heterocycles. The molecule has 0 unspecified atom stereocenters. The van der Waals surface area contributed by atoms with E-state index in [2.05, 4.69) is 19.1 Å². The molecular formula is C29H54NO6+. The van der Waals surface area contributed by atoms with E-state index in [9.17, 15) is 14.4 Å². The summed E-state index contributed by atoms with van der Waals surface area (Å²) in [7, 11) is 0. The second-order valence-electron chi connectivity index (χ2n) is 10.3. The summed E-state index contributed by atoms with van der Waals surface area (Å²) >= 11 is 0. The van der Waals surface area contributed by atoms with Gasteiger partial charge in [0.25, 0.3) is 0 Å². The van der Waals surface area contributed by atoms with Crippen LogP contribution in [-0.2, 0) is 14.4 Å². The van der Waals surface area contributed by atoms with Gasteiger partial charge in [0.2, 0.25) is 0 Å². The van der Waals surface area contributed by atoms with Crippen LogP contribution in [0, 0.1) is 0 Å². The zero-order valence-corrected chi connectivity index (χ0v) is 22.9. The summed E-state index contributed by atoms with van der Waals surface area (Å²) in [6.45, 7) is 5.10. The van der Waals surface area contributed by atoms with Crippen LogP contribution in [0.25, 0.3) is 0 Å². The first kappa shape index (κ1) is 34.1. The maximum absolute atomic E-state index is 11.0. The van der Waals surface area contributed by atoms with Crippen molar-refractivity contribution in [1.82, 2.24) is 0 Å². The van der Waals surface area contributed by atoms with E-state index in [1.54, 1.807) is 0 Å². The highest BCUT2D eigenvalue weighted by Crippen LogP contribution is 2.18. The van der Waals surface area contributed by atoms with Gasteiger partial charge >= 0.3 is 17.9 Å². The number of rotatable bonds is 27. The SMILES string of the molecule is CCCCCC/C=C/CCCCCCCCC[N+](CCCC(=O)O)(CCCC(=O)O)CCCC(=O)O. The molecule has 0 rings (SSSR count). The maximum Gasteiger partial charge on any atom is 0.303 e. The van der Waals surface area contributed by atoms with E-state index < -0.39 is 17.9 Å². The van der Waals surface area contributed by atoms with Gasteiger partial charge in [0.1, 0.15) is 0 Å². The molecule has 7 heteroatoms. The van der Waals surface area contributed by atoms with E-state index in [-0.39, 0.29) is 19.3 Å². The predicted molar refractivity (Wildman–Crippen MR) is 145 cm³/mol. The molecule has 0 aromatic carbocycles. The molecule has 0 aromatic rings. The molecule has 0 heterocycles. The lowest BCUT2D eigenvalue weighted by Crippen LogP contribution is -2.51. The molecular weight excluding hydrogens is 458 g/mol. The highest BCUT2D eigenvalue weighted by molar-refractivity contribution is 5.67. The topological polar surface area (TPSA) is 112 Å². The second kappa shape index (κ2) is 23.5. The fraction of sp³-hybridized carbons (Fsp3) is 0.828. The van der Waals surface area contributed by atoms with Crippen molar-refractivity contribution in [2.45, 2.75) is 129 Å². The quantitative estimate of drug-likeness (QED) is 0.0618. The molecule has 0 aliphatic rings. The predicted octanol–water partition coefficient (Wildman–Crippen LogP) is 7.05. The number of aliphatic carboxylic acids is 3. The summed E-state index contributed by atoms with van der Waals surface area (Å²) < 4.78 is 0.638. The van der Waals surface area contributed by atoms with E-state index in [1.165, 1.54) is 70.6 Å². The summed E-state index contributed by atoms with van der Waals surface area (Å²) in [6, 6.07) is 0. The Morgan fingerprint density at radius 2 is 0.833 bits per heavy atom. The molecule has 0 radical (unpaired) electrons. The lowest BCUT2D eigenvalue weighted by Gasteiger charge is -2.39. The van der Waals surface area contributed by atoms with Gasteiger partial charge in [-0.2, -0.15) is 0 Å². The Labute approximate surface area is 219 Å². The normalized spacial score (nSPS) is 11.8. The van der Waals surface area contributed by atoms with Gasteiger partial charge in [-0.25, -0.2) is 0 Å². The average Bonchev–Trinajstić information content (AvgIpc) is 2.80. The van der Waals surface area contributed by atoms with Crippen LogP contribution in [0.2, 0.25) is 0 Å². The average molecular weight is 513 g/mol. The monoisotopic (exact) mass is 512 g/mol. The summed E-state index contributed by atoms with van der Waals surface area (Å²) in [5.41, 5.74) is 0. The van der Waals surface area contributed by atoms with Crippen molar-refractivity contribution in [2.75, 3.05) is 26.2 Å².